The highest BCUT2D eigenvalue weighted by molar-refractivity contribution is 4.96. The Morgan fingerprint density at radius 2 is 1.82 bits per heavy atom. The predicted octanol–water partition coefficient (Wildman–Crippen LogP) is -0.852. The van der Waals surface area contributed by atoms with Gasteiger partial charge in [0, 0.05) is 19.1 Å². The number of likely N-dealkylation sites (tertiary alicyclic amines) is 1. The zero-order valence-electron chi connectivity index (χ0n) is 10.8. The Labute approximate surface area is 103 Å². The molecule has 0 aliphatic carbocycles. The second kappa shape index (κ2) is 6.66. The van der Waals surface area contributed by atoms with E-state index in [4.69, 9.17) is 5.73 Å². The summed E-state index contributed by atoms with van der Waals surface area (Å²) in [6.07, 6.45) is 0.237. The molecule has 4 atom stereocenters. The Bertz CT molecular complexity index is 224. The van der Waals surface area contributed by atoms with Crippen LogP contribution < -0.4 is 5.73 Å². The molecule has 5 heteroatoms. The lowest BCUT2D eigenvalue weighted by Gasteiger charge is -2.44. The average Bonchev–Trinajstić information content (AvgIpc) is 2.33. The Hall–Kier alpha value is -0.200. The van der Waals surface area contributed by atoms with Crippen LogP contribution >= 0.6 is 0 Å². The molecule has 0 aromatic heterocycles. The topological polar surface area (TPSA) is 90.0 Å². The fourth-order valence-electron chi connectivity index (χ4n) is 2.52. The molecule has 5 N–H and O–H groups in total. The number of hydrogen-bond acceptors (Lipinski definition) is 5. The van der Waals surface area contributed by atoms with E-state index >= 15 is 0 Å². The maximum atomic E-state index is 9.90. The lowest BCUT2D eigenvalue weighted by atomic mass is 9.91. The van der Waals surface area contributed by atoms with Crippen molar-refractivity contribution >= 4 is 0 Å². The second-order valence-electron chi connectivity index (χ2n) is 5.03. The SMILES string of the molecule is CCC(CC)CN1C[C@H](N)[C@@H](O)[C@H](O)C1CO. The first-order valence-corrected chi connectivity index (χ1v) is 6.51. The molecule has 0 amide bonds. The largest absolute Gasteiger partial charge is 0.395 e. The van der Waals surface area contributed by atoms with Gasteiger partial charge >= 0.3 is 0 Å². The third kappa shape index (κ3) is 3.39. The average molecular weight is 246 g/mol. The van der Waals surface area contributed by atoms with Crippen molar-refractivity contribution in [2.24, 2.45) is 11.7 Å². The summed E-state index contributed by atoms with van der Waals surface area (Å²) < 4.78 is 0. The van der Waals surface area contributed by atoms with E-state index in [1.54, 1.807) is 0 Å². The molecule has 1 heterocycles. The van der Waals surface area contributed by atoms with Crippen molar-refractivity contribution in [2.75, 3.05) is 19.7 Å². The standard InChI is InChI=1S/C12H26N2O3/c1-3-8(4-2)5-14-6-9(13)11(16)12(17)10(14)7-15/h8-12,15-17H,3-7,13H2,1-2H3/t9-,10?,11+,12+/m0/s1. The molecule has 0 aromatic rings. The van der Waals surface area contributed by atoms with Crippen molar-refractivity contribution in [3.8, 4) is 0 Å². The Morgan fingerprint density at radius 3 is 2.29 bits per heavy atom. The van der Waals surface area contributed by atoms with Gasteiger partial charge in [-0.05, 0) is 5.92 Å². The summed E-state index contributed by atoms with van der Waals surface area (Å²) in [6.45, 7) is 5.47. The van der Waals surface area contributed by atoms with Crippen molar-refractivity contribution < 1.29 is 15.3 Å². The van der Waals surface area contributed by atoms with E-state index in [2.05, 4.69) is 13.8 Å². The molecule has 17 heavy (non-hydrogen) atoms. The van der Waals surface area contributed by atoms with Crippen molar-refractivity contribution in [1.29, 1.82) is 0 Å². The van der Waals surface area contributed by atoms with Gasteiger partial charge in [0.1, 0.15) is 0 Å². The van der Waals surface area contributed by atoms with E-state index in [1.165, 1.54) is 0 Å². The van der Waals surface area contributed by atoms with Gasteiger partial charge in [-0.2, -0.15) is 0 Å². The van der Waals surface area contributed by atoms with E-state index in [9.17, 15) is 15.3 Å². The maximum Gasteiger partial charge on any atom is 0.0991 e. The molecule has 0 spiro atoms. The number of hydrogen-bond donors (Lipinski definition) is 4. The van der Waals surface area contributed by atoms with Gasteiger partial charge in [0.15, 0.2) is 0 Å². The van der Waals surface area contributed by atoms with Crippen LogP contribution in [0.2, 0.25) is 0 Å². The van der Waals surface area contributed by atoms with Crippen LogP contribution in [0.1, 0.15) is 26.7 Å². The van der Waals surface area contributed by atoms with Gasteiger partial charge in [-0.15, -0.1) is 0 Å². The third-order valence-corrected chi connectivity index (χ3v) is 3.93. The number of rotatable bonds is 5. The number of aliphatic hydroxyl groups is 3. The molecule has 1 rings (SSSR count). The Balaban J connectivity index is 2.68. The van der Waals surface area contributed by atoms with Crippen LogP contribution in [0.4, 0.5) is 0 Å². The Morgan fingerprint density at radius 1 is 1.24 bits per heavy atom. The van der Waals surface area contributed by atoms with Crippen LogP contribution in [-0.2, 0) is 0 Å². The highest BCUT2D eigenvalue weighted by Crippen LogP contribution is 2.21. The summed E-state index contributed by atoms with van der Waals surface area (Å²) in [4.78, 5) is 2.01. The van der Waals surface area contributed by atoms with Crippen molar-refractivity contribution in [3.63, 3.8) is 0 Å². The zero-order valence-corrected chi connectivity index (χ0v) is 10.8. The minimum Gasteiger partial charge on any atom is -0.395 e. The van der Waals surface area contributed by atoms with Crippen molar-refractivity contribution in [1.82, 2.24) is 4.90 Å². The molecular weight excluding hydrogens is 220 g/mol. The normalized spacial score (nSPS) is 35.5. The van der Waals surface area contributed by atoms with Gasteiger partial charge in [-0.3, -0.25) is 4.90 Å². The van der Waals surface area contributed by atoms with Gasteiger partial charge in [0.25, 0.3) is 0 Å². The van der Waals surface area contributed by atoms with Crippen LogP contribution in [0.5, 0.6) is 0 Å². The first kappa shape index (κ1) is 14.9. The monoisotopic (exact) mass is 246 g/mol. The Kier molecular flexibility index (Phi) is 5.82. The molecule has 1 aliphatic heterocycles. The molecule has 5 nitrogen and oxygen atoms in total. The highest BCUT2D eigenvalue weighted by Gasteiger charge is 2.40. The van der Waals surface area contributed by atoms with E-state index in [0.29, 0.717) is 12.5 Å². The smallest absolute Gasteiger partial charge is 0.0991 e. The van der Waals surface area contributed by atoms with Gasteiger partial charge < -0.3 is 21.1 Å². The lowest BCUT2D eigenvalue weighted by Crippen LogP contribution is -2.65. The van der Waals surface area contributed by atoms with E-state index in [1.807, 2.05) is 4.90 Å². The van der Waals surface area contributed by atoms with Gasteiger partial charge in [0.2, 0.25) is 0 Å². The molecule has 0 aromatic carbocycles. The molecule has 1 saturated heterocycles. The molecule has 0 bridgehead atoms. The van der Waals surface area contributed by atoms with Gasteiger partial charge in [-0.25, -0.2) is 0 Å². The minimum atomic E-state index is -0.960. The van der Waals surface area contributed by atoms with Crippen LogP contribution in [0.15, 0.2) is 0 Å². The second-order valence-corrected chi connectivity index (χ2v) is 5.03. The van der Waals surface area contributed by atoms with Crippen molar-refractivity contribution in [3.05, 3.63) is 0 Å². The molecule has 1 aliphatic rings. The highest BCUT2D eigenvalue weighted by atomic mass is 16.3. The number of piperidine rings is 1. The minimum absolute atomic E-state index is 0.148. The summed E-state index contributed by atoms with van der Waals surface area (Å²) in [5, 5.41) is 28.9. The molecule has 102 valence electrons. The first-order valence-electron chi connectivity index (χ1n) is 6.51. The van der Waals surface area contributed by atoms with Crippen molar-refractivity contribution in [2.45, 2.75) is 51.0 Å². The number of nitrogens with zero attached hydrogens (tertiary/aromatic N) is 1. The summed E-state index contributed by atoms with van der Waals surface area (Å²) in [6, 6.07) is -0.840. The van der Waals surface area contributed by atoms with Crippen LogP contribution in [-0.4, -0.2) is 64.2 Å². The van der Waals surface area contributed by atoms with E-state index in [-0.39, 0.29) is 6.61 Å². The number of nitrogens with two attached hydrogens (primary N) is 1. The summed E-state index contributed by atoms with van der Waals surface area (Å²) in [5.74, 6) is 0.540. The van der Waals surface area contributed by atoms with Crippen LogP contribution in [0.25, 0.3) is 0 Å². The lowest BCUT2D eigenvalue weighted by molar-refractivity contribution is -0.102. The van der Waals surface area contributed by atoms with Crippen LogP contribution in [0.3, 0.4) is 0 Å². The van der Waals surface area contributed by atoms with E-state index in [0.717, 1.165) is 19.4 Å². The fraction of sp³-hybridized carbons (Fsp3) is 1.00. The summed E-state index contributed by atoms with van der Waals surface area (Å²) in [7, 11) is 0. The zero-order chi connectivity index (χ0) is 13.0. The van der Waals surface area contributed by atoms with Gasteiger partial charge in [0.05, 0.1) is 24.9 Å². The summed E-state index contributed by atoms with van der Waals surface area (Å²) in [5.41, 5.74) is 5.80. The summed E-state index contributed by atoms with van der Waals surface area (Å²) >= 11 is 0. The van der Waals surface area contributed by atoms with Gasteiger partial charge in [-0.1, -0.05) is 26.7 Å². The predicted molar refractivity (Wildman–Crippen MR) is 66.5 cm³/mol. The van der Waals surface area contributed by atoms with Crippen LogP contribution in [0, 0.1) is 5.92 Å². The van der Waals surface area contributed by atoms with E-state index < -0.39 is 24.3 Å². The fourth-order valence-corrected chi connectivity index (χ4v) is 2.52. The third-order valence-electron chi connectivity index (χ3n) is 3.93. The molecular formula is C12H26N2O3. The quantitative estimate of drug-likeness (QED) is 0.507. The molecule has 1 fully saturated rings. The molecule has 0 saturated carbocycles. The molecule has 0 radical (unpaired) electrons. The molecule has 1 unspecified atom stereocenters. The number of aliphatic hydroxyl groups excluding tert-OH is 3. The maximum absolute atomic E-state index is 9.90. The first-order chi connectivity index (χ1) is 8.04.